The van der Waals surface area contributed by atoms with Crippen LogP contribution in [-0.4, -0.2) is 36.1 Å². The van der Waals surface area contributed by atoms with Gasteiger partial charge in [0.05, 0.1) is 6.61 Å². The minimum Gasteiger partial charge on any atom is -0.508 e. The number of hydrogen-bond donors (Lipinski definition) is 2. The lowest BCUT2D eigenvalue weighted by Gasteiger charge is -2.17. The van der Waals surface area contributed by atoms with E-state index < -0.39 is 6.10 Å². The molecule has 4 nitrogen and oxygen atoms in total. The van der Waals surface area contributed by atoms with E-state index in [1.54, 1.807) is 18.2 Å². The van der Waals surface area contributed by atoms with Crippen molar-refractivity contribution in [3.05, 3.63) is 24.3 Å². The molecule has 0 aliphatic rings. The van der Waals surface area contributed by atoms with Crippen LogP contribution in [0.5, 0.6) is 11.5 Å². The first-order valence-corrected chi connectivity index (χ1v) is 14.3. The molecule has 2 unspecified atom stereocenters. The zero-order chi connectivity index (χ0) is 24.7. The zero-order valence-corrected chi connectivity index (χ0v) is 22.3. The molecule has 0 aromatic heterocycles. The van der Waals surface area contributed by atoms with E-state index in [-0.39, 0.29) is 19.0 Å². The Bertz CT molecular complexity index is 562. The number of phenols is 1. The maximum absolute atomic E-state index is 10.1. The van der Waals surface area contributed by atoms with Crippen LogP contribution in [0.1, 0.15) is 123 Å². The van der Waals surface area contributed by atoms with E-state index in [2.05, 4.69) is 13.8 Å². The van der Waals surface area contributed by atoms with Crippen LogP contribution in [0.15, 0.2) is 24.3 Å². The Kier molecular flexibility index (Phi) is 20.1. The molecule has 1 rings (SSSR count). The fraction of sp³-hybridized carbons (Fsp3) is 0.800. The molecule has 1 aromatic rings. The van der Waals surface area contributed by atoms with Crippen molar-refractivity contribution in [2.24, 2.45) is 5.92 Å². The summed E-state index contributed by atoms with van der Waals surface area (Å²) in [6.45, 7) is 5.67. The van der Waals surface area contributed by atoms with Crippen molar-refractivity contribution in [2.45, 2.75) is 129 Å². The highest BCUT2D eigenvalue weighted by molar-refractivity contribution is 5.31. The normalized spacial score (nSPS) is 13.1. The topological polar surface area (TPSA) is 58.9 Å². The number of aliphatic hydroxyl groups is 1. The van der Waals surface area contributed by atoms with Gasteiger partial charge in [-0.05, 0) is 24.5 Å². The molecule has 0 heterocycles. The van der Waals surface area contributed by atoms with Crippen LogP contribution in [-0.2, 0) is 4.74 Å². The molecule has 2 N–H and O–H groups in total. The Balaban J connectivity index is 1.89. The van der Waals surface area contributed by atoms with Crippen LogP contribution in [0.4, 0.5) is 0 Å². The van der Waals surface area contributed by atoms with Gasteiger partial charge in [-0.3, -0.25) is 0 Å². The third kappa shape index (κ3) is 18.1. The summed E-state index contributed by atoms with van der Waals surface area (Å²) in [5, 5.41) is 19.5. The second-order valence-corrected chi connectivity index (χ2v) is 10.0. The van der Waals surface area contributed by atoms with E-state index >= 15 is 0 Å². The third-order valence-corrected chi connectivity index (χ3v) is 6.72. The number of phenolic OH excluding ortho intramolecular Hbond substituents is 1. The van der Waals surface area contributed by atoms with Crippen molar-refractivity contribution in [2.75, 3.05) is 19.8 Å². The van der Waals surface area contributed by atoms with Gasteiger partial charge in [-0.1, -0.05) is 123 Å². The van der Waals surface area contributed by atoms with Gasteiger partial charge in [-0.15, -0.1) is 0 Å². The van der Waals surface area contributed by atoms with Crippen molar-refractivity contribution in [3.63, 3.8) is 0 Å². The second-order valence-electron chi connectivity index (χ2n) is 10.0. The second kappa shape index (κ2) is 22.2. The average molecular weight is 479 g/mol. The average Bonchev–Trinajstić information content (AvgIpc) is 2.84. The Morgan fingerprint density at radius 2 is 1.26 bits per heavy atom. The molecule has 34 heavy (non-hydrogen) atoms. The van der Waals surface area contributed by atoms with Gasteiger partial charge in [0.25, 0.3) is 0 Å². The van der Waals surface area contributed by atoms with E-state index in [9.17, 15) is 10.2 Å². The smallest absolute Gasteiger partial charge is 0.123 e. The van der Waals surface area contributed by atoms with Crippen molar-refractivity contribution in [3.8, 4) is 11.5 Å². The number of rotatable bonds is 24. The molecule has 0 radical (unpaired) electrons. The van der Waals surface area contributed by atoms with Crippen molar-refractivity contribution >= 4 is 0 Å². The highest BCUT2D eigenvalue weighted by atomic mass is 16.5. The molecule has 0 amide bonds. The molecule has 198 valence electrons. The molecule has 4 heteroatoms. The lowest BCUT2D eigenvalue weighted by Crippen LogP contribution is -2.25. The Morgan fingerprint density at radius 1 is 0.706 bits per heavy atom. The Hall–Kier alpha value is -1.26. The van der Waals surface area contributed by atoms with Gasteiger partial charge >= 0.3 is 0 Å². The predicted molar refractivity (Wildman–Crippen MR) is 144 cm³/mol. The first-order chi connectivity index (χ1) is 16.7. The molecular formula is C30H54O4. The predicted octanol–water partition coefficient (Wildman–Crippen LogP) is 8.44. The van der Waals surface area contributed by atoms with E-state index in [1.165, 1.54) is 109 Å². The third-order valence-electron chi connectivity index (χ3n) is 6.72. The highest BCUT2D eigenvalue weighted by Gasteiger charge is 2.10. The molecule has 0 saturated carbocycles. The molecular weight excluding hydrogens is 424 g/mol. The summed E-state index contributed by atoms with van der Waals surface area (Å²) < 4.78 is 11.3. The van der Waals surface area contributed by atoms with Crippen LogP contribution >= 0.6 is 0 Å². The lowest BCUT2D eigenvalue weighted by molar-refractivity contribution is -0.00116. The van der Waals surface area contributed by atoms with Gasteiger partial charge in [0.15, 0.2) is 0 Å². The standard InChI is InChI=1S/C30H54O4/c1-3-5-6-7-8-9-10-11-12-13-14-15-16-17-18-20-27(4-2)24-33-25-29(32)26-34-30-22-19-21-28(31)23-30/h19,21-23,27,29,31-32H,3-18,20,24-26H2,1-2H3. The van der Waals surface area contributed by atoms with Crippen LogP contribution in [0.25, 0.3) is 0 Å². The lowest BCUT2D eigenvalue weighted by atomic mass is 9.98. The van der Waals surface area contributed by atoms with Gasteiger partial charge in [-0.2, -0.15) is 0 Å². The van der Waals surface area contributed by atoms with Crippen molar-refractivity contribution in [1.82, 2.24) is 0 Å². The van der Waals surface area contributed by atoms with E-state index in [4.69, 9.17) is 9.47 Å². The number of benzene rings is 1. The maximum atomic E-state index is 10.1. The first kappa shape index (κ1) is 30.8. The summed E-state index contributed by atoms with van der Waals surface area (Å²) in [6, 6.07) is 6.61. The zero-order valence-electron chi connectivity index (χ0n) is 22.3. The summed E-state index contributed by atoms with van der Waals surface area (Å²) >= 11 is 0. The number of aromatic hydroxyl groups is 1. The molecule has 0 aliphatic heterocycles. The number of hydrogen-bond acceptors (Lipinski definition) is 4. The molecule has 0 bridgehead atoms. The van der Waals surface area contributed by atoms with Crippen LogP contribution in [0.2, 0.25) is 0 Å². The molecule has 0 fully saturated rings. The number of unbranched alkanes of at least 4 members (excludes halogenated alkanes) is 14. The SMILES string of the molecule is CCCCCCCCCCCCCCCCCC(CC)COCC(O)COc1cccc(O)c1. The van der Waals surface area contributed by atoms with Gasteiger partial charge in [0.1, 0.15) is 24.2 Å². The van der Waals surface area contributed by atoms with Crippen LogP contribution in [0.3, 0.4) is 0 Å². The fourth-order valence-electron chi connectivity index (χ4n) is 4.39. The minimum atomic E-state index is -0.661. The largest absolute Gasteiger partial charge is 0.508 e. The monoisotopic (exact) mass is 478 g/mol. The summed E-state index contributed by atoms with van der Waals surface area (Å²) in [6.07, 6.45) is 22.7. The van der Waals surface area contributed by atoms with Gasteiger partial charge in [-0.25, -0.2) is 0 Å². The van der Waals surface area contributed by atoms with Crippen molar-refractivity contribution < 1.29 is 19.7 Å². The molecule has 0 saturated heterocycles. The summed E-state index contributed by atoms with van der Waals surface area (Å²) in [5.74, 6) is 1.28. The van der Waals surface area contributed by atoms with Gasteiger partial charge in [0, 0.05) is 12.7 Å². The Morgan fingerprint density at radius 3 is 1.79 bits per heavy atom. The first-order valence-electron chi connectivity index (χ1n) is 14.3. The molecule has 2 atom stereocenters. The molecule has 1 aromatic carbocycles. The summed E-state index contributed by atoms with van der Waals surface area (Å²) in [5.41, 5.74) is 0. The minimum absolute atomic E-state index is 0.160. The number of ether oxygens (including phenoxy) is 2. The quantitative estimate of drug-likeness (QED) is 0.146. The van der Waals surface area contributed by atoms with E-state index in [0.717, 1.165) is 6.42 Å². The van der Waals surface area contributed by atoms with Gasteiger partial charge in [0.2, 0.25) is 0 Å². The van der Waals surface area contributed by atoms with Crippen LogP contribution in [0, 0.1) is 5.92 Å². The fourth-order valence-corrected chi connectivity index (χ4v) is 4.39. The van der Waals surface area contributed by atoms with E-state index in [1.807, 2.05) is 0 Å². The van der Waals surface area contributed by atoms with Crippen molar-refractivity contribution in [1.29, 1.82) is 0 Å². The summed E-state index contributed by atoms with van der Waals surface area (Å²) in [7, 11) is 0. The molecule has 0 aliphatic carbocycles. The summed E-state index contributed by atoms with van der Waals surface area (Å²) in [4.78, 5) is 0. The van der Waals surface area contributed by atoms with Gasteiger partial charge < -0.3 is 19.7 Å². The maximum Gasteiger partial charge on any atom is 0.123 e. The van der Waals surface area contributed by atoms with E-state index in [0.29, 0.717) is 18.3 Å². The highest BCUT2D eigenvalue weighted by Crippen LogP contribution is 2.19. The number of aliphatic hydroxyl groups excluding tert-OH is 1. The van der Waals surface area contributed by atoms with Crippen LogP contribution < -0.4 is 4.74 Å². The molecule has 0 spiro atoms. The Labute approximate surface area is 210 Å².